The summed E-state index contributed by atoms with van der Waals surface area (Å²) in [6, 6.07) is 4.26. The van der Waals surface area contributed by atoms with Gasteiger partial charge in [0.25, 0.3) is 0 Å². The van der Waals surface area contributed by atoms with Gasteiger partial charge in [0, 0.05) is 19.5 Å². The predicted molar refractivity (Wildman–Crippen MR) is 66.2 cm³/mol. The average molecular weight is 273 g/mol. The van der Waals surface area contributed by atoms with E-state index >= 15 is 0 Å². The molecule has 0 unspecified atom stereocenters. The molecular weight excluding hydrogens is 264 g/mol. The van der Waals surface area contributed by atoms with Gasteiger partial charge < -0.3 is 0 Å². The second kappa shape index (κ2) is 3.64. The second-order valence-corrected chi connectivity index (χ2v) is 5.08. The summed E-state index contributed by atoms with van der Waals surface area (Å²) in [6.45, 7) is 2.16. The van der Waals surface area contributed by atoms with Crippen LogP contribution in [0.25, 0.3) is 10.1 Å². The van der Waals surface area contributed by atoms with Crippen LogP contribution in [0.4, 0.5) is 0 Å². The third-order valence-electron chi connectivity index (χ3n) is 2.11. The molecule has 0 atom stereocenters. The van der Waals surface area contributed by atoms with Crippen molar-refractivity contribution in [1.82, 2.24) is 0 Å². The first-order chi connectivity index (χ1) is 6.24. The smallest absolute Gasteiger partial charge is 0.0498 e. The van der Waals surface area contributed by atoms with E-state index in [0.717, 1.165) is 11.3 Å². The highest BCUT2D eigenvalue weighted by Crippen LogP contribution is 2.36. The summed E-state index contributed by atoms with van der Waals surface area (Å²) >= 11 is 9.87. The van der Waals surface area contributed by atoms with Gasteiger partial charge in [0.15, 0.2) is 0 Å². The Morgan fingerprint density at radius 1 is 1.54 bits per heavy atom. The SMILES string of the molecule is CCc1cc(S)c2ccsc2c1Br. The van der Waals surface area contributed by atoms with Crippen molar-refractivity contribution in [3.63, 3.8) is 0 Å². The molecule has 0 N–H and O–H groups in total. The van der Waals surface area contributed by atoms with Crippen LogP contribution in [-0.2, 0) is 6.42 Å². The fraction of sp³-hybridized carbons (Fsp3) is 0.200. The van der Waals surface area contributed by atoms with Crippen molar-refractivity contribution >= 4 is 50.0 Å². The van der Waals surface area contributed by atoms with E-state index in [4.69, 9.17) is 0 Å². The molecule has 0 saturated heterocycles. The zero-order valence-corrected chi connectivity index (χ0v) is 10.5. The monoisotopic (exact) mass is 272 g/mol. The fourth-order valence-corrected chi connectivity index (χ4v) is 3.58. The van der Waals surface area contributed by atoms with Crippen LogP contribution in [0.5, 0.6) is 0 Å². The predicted octanol–water partition coefficient (Wildman–Crippen LogP) is 4.51. The van der Waals surface area contributed by atoms with E-state index in [9.17, 15) is 0 Å². The minimum atomic E-state index is 1.04. The largest absolute Gasteiger partial charge is 0.143 e. The highest BCUT2D eigenvalue weighted by Gasteiger charge is 2.07. The van der Waals surface area contributed by atoms with Gasteiger partial charge in [0.2, 0.25) is 0 Å². The van der Waals surface area contributed by atoms with Crippen LogP contribution < -0.4 is 0 Å². The third-order valence-corrected chi connectivity index (χ3v) is 4.58. The molecule has 0 amide bonds. The van der Waals surface area contributed by atoms with Gasteiger partial charge in [-0.15, -0.1) is 24.0 Å². The number of halogens is 1. The fourth-order valence-electron chi connectivity index (χ4n) is 1.39. The topological polar surface area (TPSA) is 0 Å². The number of hydrogen-bond acceptors (Lipinski definition) is 2. The summed E-state index contributed by atoms with van der Waals surface area (Å²) in [6.07, 6.45) is 1.04. The van der Waals surface area contributed by atoms with E-state index in [2.05, 4.69) is 53.0 Å². The van der Waals surface area contributed by atoms with Crippen molar-refractivity contribution in [1.29, 1.82) is 0 Å². The van der Waals surface area contributed by atoms with E-state index in [1.54, 1.807) is 11.3 Å². The molecule has 0 aliphatic carbocycles. The molecule has 2 rings (SSSR count). The Kier molecular flexibility index (Phi) is 2.67. The Labute approximate surface area is 95.5 Å². The summed E-state index contributed by atoms with van der Waals surface area (Å²) in [5.74, 6) is 0. The van der Waals surface area contributed by atoms with Crippen LogP contribution in [0.2, 0.25) is 0 Å². The lowest BCUT2D eigenvalue weighted by Crippen LogP contribution is -1.83. The van der Waals surface area contributed by atoms with Gasteiger partial charge in [0.1, 0.15) is 0 Å². The second-order valence-electron chi connectivity index (χ2n) is 2.89. The van der Waals surface area contributed by atoms with Gasteiger partial charge in [-0.2, -0.15) is 0 Å². The van der Waals surface area contributed by atoms with Crippen LogP contribution in [0.15, 0.2) is 26.9 Å². The Hall–Kier alpha value is 0.01000. The molecule has 0 aliphatic rings. The first-order valence-electron chi connectivity index (χ1n) is 4.11. The molecular formula is C10H9BrS2. The van der Waals surface area contributed by atoms with Crippen LogP contribution in [0.1, 0.15) is 12.5 Å². The molecule has 3 heteroatoms. The van der Waals surface area contributed by atoms with Gasteiger partial charge in [-0.1, -0.05) is 6.92 Å². The highest BCUT2D eigenvalue weighted by molar-refractivity contribution is 9.10. The number of fused-ring (bicyclic) bond motifs is 1. The number of rotatable bonds is 1. The summed E-state index contributed by atoms with van der Waals surface area (Å²) in [7, 11) is 0. The van der Waals surface area contributed by atoms with Crippen LogP contribution >= 0.6 is 39.9 Å². The molecule has 0 fully saturated rings. The number of thiol groups is 1. The Morgan fingerprint density at radius 2 is 2.31 bits per heavy atom. The van der Waals surface area contributed by atoms with Crippen molar-refractivity contribution in [3.05, 3.63) is 27.5 Å². The molecule has 1 aromatic heterocycles. The quantitative estimate of drug-likeness (QED) is 0.726. The molecule has 0 spiro atoms. The minimum Gasteiger partial charge on any atom is -0.143 e. The average Bonchev–Trinajstić information content (AvgIpc) is 2.60. The van der Waals surface area contributed by atoms with Crippen molar-refractivity contribution in [2.45, 2.75) is 18.2 Å². The third kappa shape index (κ3) is 1.53. The Balaban J connectivity index is 2.85. The van der Waals surface area contributed by atoms with Crippen molar-refractivity contribution < 1.29 is 0 Å². The first kappa shape index (κ1) is 9.56. The normalized spacial score (nSPS) is 11.0. The van der Waals surface area contributed by atoms with E-state index < -0.39 is 0 Å². The van der Waals surface area contributed by atoms with Crippen LogP contribution in [-0.4, -0.2) is 0 Å². The summed E-state index contributed by atoms with van der Waals surface area (Å²) in [5, 5.41) is 3.35. The summed E-state index contributed by atoms with van der Waals surface area (Å²) in [5.41, 5.74) is 1.33. The summed E-state index contributed by atoms with van der Waals surface area (Å²) < 4.78 is 2.54. The number of hydrogen-bond donors (Lipinski definition) is 1. The van der Waals surface area contributed by atoms with Crippen LogP contribution in [0.3, 0.4) is 0 Å². The molecule has 1 aromatic carbocycles. The Bertz CT molecular complexity index is 445. The van der Waals surface area contributed by atoms with Gasteiger partial charge in [-0.25, -0.2) is 0 Å². The summed E-state index contributed by atoms with van der Waals surface area (Å²) in [4.78, 5) is 1.08. The van der Waals surface area contributed by atoms with Crippen molar-refractivity contribution in [3.8, 4) is 0 Å². The Morgan fingerprint density at radius 3 is 3.00 bits per heavy atom. The van der Waals surface area contributed by atoms with E-state index in [1.807, 2.05) is 0 Å². The number of benzene rings is 1. The van der Waals surface area contributed by atoms with Crippen molar-refractivity contribution in [2.24, 2.45) is 0 Å². The zero-order valence-electron chi connectivity index (χ0n) is 7.17. The van der Waals surface area contributed by atoms with Gasteiger partial charge in [-0.05, 0) is 45.4 Å². The van der Waals surface area contributed by atoms with Gasteiger partial charge >= 0.3 is 0 Å². The molecule has 0 nitrogen and oxygen atoms in total. The maximum Gasteiger partial charge on any atom is 0.0498 e. The maximum atomic E-state index is 4.47. The molecule has 0 radical (unpaired) electrons. The number of thiophene rings is 1. The van der Waals surface area contributed by atoms with Gasteiger partial charge in [-0.3, -0.25) is 0 Å². The maximum absolute atomic E-state index is 4.47. The zero-order chi connectivity index (χ0) is 9.42. The lowest BCUT2D eigenvalue weighted by atomic mass is 10.1. The van der Waals surface area contributed by atoms with Crippen LogP contribution in [0, 0.1) is 0 Å². The van der Waals surface area contributed by atoms with E-state index in [-0.39, 0.29) is 0 Å². The molecule has 1 heterocycles. The first-order valence-corrected chi connectivity index (χ1v) is 6.23. The minimum absolute atomic E-state index is 1.04. The molecule has 2 aromatic rings. The highest BCUT2D eigenvalue weighted by atomic mass is 79.9. The molecule has 0 saturated carbocycles. The molecule has 13 heavy (non-hydrogen) atoms. The van der Waals surface area contributed by atoms with Gasteiger partial charge in [0.05, 0.1) is 0 Å². The number of aryl methyl sites for hydroxylation is 1. The molecule has 68 valence electrons. The molecule has 0 bridgehead atoms. The molecule has 0 aliphatic heterocycles. The standard InChI is InChI=1S/C10H9BrS2/c1-2-6-5-8(12)7-3-4-13-10(7)9(6)11/h3-5,12H,2H2,1H3. The lowest BCUT2D eigenvalue weighted by molar-refractivity contribution is 1.12. The van der Waals surface area contributed by atoms with Crippen molar-refractivity contribution in [2.75, 3.05) is 0 Å². The van der Waals surface area contributed by atoms with E-state index in [1.165, 1.54) is 20.1 Å². The van der Waals surface area contributed by atoms with E-state index in [0.29, 0.717) is 0 Å². The lowest BCUT2D eigenvalue weighted by Gasteiger charge is -2.04.